The zero-order valence-electron chi connectivity index (χ0n) is 15.4. The van der Waals surface area contributed by atoms with E-state index < -0.39 is 11.6 Å². The molecule has 148 valence electrons. The van der Waals surface area contributed by atoms with E-state index in [9.17, 15) is 13.2 Å². The van der Waals surface area contributed by atoms with Crippen molar-refractivity contribution in [3.8, 4) is 11.3 Å². The Morgan fingerprint density at radius 1 is 1.04 bits per heavy atom. The molecular formula is C22H23F3N2O. The predicted molar refractivity (Wildman–Crippen MR) is 104 cm³/mol. The van der Waals surface area contributed by atoms with E-state index in [0.717, 1.165) is 55.2 Å². The first-order chi connectivity index (χ1) is 13.6. The zero-order chi connectivity index (χ0) is 19.7. The number of aliphatic hydroxyl groups is 1. The van der Waals surface area contributed by atoms with Gasteiger partial charge in [0, 0.05) is 18.1 Å². The van der Waals surface area contributed by atoms with Gasteiger partial charge in [-0.3, -0.25) is 0 Å². The van der Waals surface area contributed by atoms with Gasteiger partial charge in [-0.25, -0.2) is 13.2 Å². The van der Waals surface area contributed by atoms with Crippen LogP contribution in [0.5, 0.6) is 0 Å². The van der Waals surface area contributed by atoms with Crippen molar-refractivity contribution in [2.24, 2.45) is 5.92 Å². The Labute approximate surface area is 161 Å². The summed E-state index contributed by atoms with van der Waals surface area (Å²) in [5, 5.41) is 12.7. The topological polar surface area (TPSA) is 48.0 Å². The minimum Gasteiger partial charge on any atom is -0.396 e. The van der Waals surface area contributed by atoms with E-state index in [1.54, 1.807) is 12.1 Å². The SMILES string of the molecule is OCCCNCC1CC(c2c(-c3ccc(F)cc3)[nH]c3c(F)cc(F)cc23)C1. The molecule has 6 heteroatoms. The molecule has 3 aromatic rings. The molecule has 0 spiro atoms. The summed E-state index contributed by atoms with van der Waals surface area (Å²) < 4.78 is 41.6. The Morgan fingerprint density at radius 2 is 1.79 bits per heavy atom. The number of aromatic nitrogens is 1. The van der Waals surface area contributed by atoms with Crippen LogP contribution in [0.25, 0.3) is 22.2 Å². The van der Waals surface area contributed by atoms with Crippen molar-refractivity contribution >= 4 is 10.9 Å². The Balaban J connectivity index is 1.65. The molecule has 0 radical (unpaired) electrons. The van der Waals surface area contributed by atoms with Crippen molar-refractivity contribution in [3.63, 3.8) is 0 Å². The fourth-order valence-corrected chi connectivity index (χ4v) is 4.16. The molecule has 3 N–H and O–H groups in total. The molecule has 1 saturated carbocycles. The fraction of sp³-hybridized carbons (Fsp3) is 0.364. The lowest BCUT2D eigenvalue weighted by Gasteiger charge is -2.36. The van der Waals surface area contributed by atoms with Gasteiger partial charge in [-0.15, -0.1) is 0 Å². The summed E-state index contributed by atoms with van der Waals surface area (Å²) in [7, 11) is 0. The monoisotopic (exact) mass is 388 g/mol. The van der Waals surface area contributed by atoms with Crippen LogP contribution in [0.15, 0.2) is 36.4 Å². The highest BCUT2D eigenvalue weighted by Gasteiger charge is 2.34. The first-order valence-corrected chi connectivity index (χ1v) is 9.65. The Hall–Kier alpha value is -2.31. The number of aromatic amines is 1. The van der Waals surface area contributed by atoms with Crippen molar-refractivity contribution in [3.05, 3.63) is 59.4 Å². The van der Waals surface area contributed by atoms with Gasteiger partial charge in [-0.1, -0.05) is 0 Å². The maximum atomic E-state index is 14.4. The number of aliphatic hydroxyl groups excluding tert-OH is 1. The Kier molecular flexibility index (Phi) is 5.42. The van der Waals surface area contributed by atoms with E-state index in [-0.39, 0.29) is 18.3 Å². The van der Waals surface area contributed by atoms with Gasteiger partial charge < -0.3 is 15.4 Å². The van der Waals surface area contributed by atoms with Crippen LogP contribution in [0, 0.1) is 23.4 Å². The maximum absolute atomic E-state index is 14.4. The van der Waals surface area contributed by atoms with Gasteiger partial charge in [0.2, 0.25) is 0 Å². The van der Waals surface area contributed by atoms with E-state index >= 15 is 0 Å². The number of hydrogen-bond acceptors (Lipinski definition) is 2. The van der Waals surface area contributed by atoms with Crippen LogP contribution < -0.4 is 5.32 Å². The Morgan fingerprint density at radius 3 is 2.50 bits per heavy atom. The minimum absolute atomic E-state index is 0.174. The average Bonchev–Trinajstić information content (AvgIpc) is 3.00. The summed E-state index contributed by atoms with van der Waals surface area (Å²) in [5.74, 6) is -0.868. The smallest absolute Gasteiger partial charge is 0.150 e. The largest absolute Gasteiger partial charge is 0.396 e. The second-order valence-corrected chi connectivity index (χ2v) is 7.55. The molecule has 1 heterocycles. The highest BCUT2D eigenvalue weighted by Crippen LogP contribution is 2.48. The number of benzene rings is 2. The number of hydrogen-bond donors (Lipinski definition) is 3. The lowest BCUT2D eigenvalue weighted by Crippen LogP contribution is -2.32. The molecule has 0 bridgehead atoms. The second-order valence-electron chi connectivity index (χ2n) is 7.55. The number of rotatable bonds is 7. The van der Waals surface area contributed by atoms with Crippen molar-refractivity contribution in [2.45, 2.75) is 25.2 Å². The molecule has 3 nitrogen and oxygen atoms in total. The van der Waals surface area contributed by atoms with E-state index in [0.29, 0.717) is 16.8 Å². The van der Waals surface area contributed by atoms with Crippen LogP contribution >= 0.6 is 0 Å². The van der Waals surface area contributed by atoms with Crippen LogP contribution in [0.3, 0.4) is 0 Å². The highest BCUT2D eigenvalue weighted by molar-refractivity contribution is 5.92. The third-order valence-electron chi connectivity index (χ3n) is 5.59. The van der Waals surface area contributed by atoms with Gasteiger partial charge in [-0.2, -0.15) is 0 Å². The summed E-state index contributed by atoms with van der Waals surface area (Å²) in [4.78, 5) is 3.11. The van der Waals surface area contributed by atoms with Gasteiger partial charge in [0.15, 0.2) is 0 Å². The molecule has 2 aromatic carbocycles. The molecule has 0 saturated heterocycles. The minimum atomic E-state index is -0.619. The lowest BCUT2D eigenvalue weighted by molar-refractivity contribution is 0.247. The number of H-pyrrole nitrogens is 1. The maximum Gasteiger partial charge on any atom is 0.150 e. The third-order valence-corrected chi connectivity index (χ3v) is 5.59. The van der Waals surface area contributed by atoms with Crippen LogP contribution in [-0.4, -0.2) is 29.8 Å². The standard InChI is InChI=1S/C22H23F3N2O/c23-16-4-2-14(3-5-16)21-20(15-8-13(9-15)12-26-6-1-7-28)18-10-17(24)11-19(25)22(18)27-21/h2-5,10-11,13,15,26-28H,1,6-9,12H2. The molecule has 28 heavy (non-hydrogen) atoms. The summed E-state index contributed by atoms with van der Waals surface area (Å²) in [6, 6.07) is 8.32. The fourth-order valence-electron chi connectivity index (χ4n) is 4.16. The van der Waals surface area contributed by atoms with Gasteiger partial charge in [0.25, 0.3) is 0 Å². The summed E-state index contributed by atoms with van der Waals surface area (Å²) >= 11 is 0. The Bertz CT molecular complexity index is 962. The molecule has 1 aliphatic carbocycles. The molecule has 1 aromatic heterocycles. The van der Waals surface area contributed by atoms with E-state index in [1.807, 2.05) is 0 Å². The summed E-state index contributed by atoms with van der Waals surface area (Å²) in [6.07, 6.45) is 2.57. The first-order valence-electron chi connectivity index (χ1n) is 9.65. The second kappa shape index (κ2) is 7.97. The predicted octanol–water partition coefficient (Wildman–Crippen LogP) is 4.72. The third kappa shape index (κ3) is 3.66. The van der Waals surface area contributed by atoms with E-state index in [4.69, 9.17) is 5.11 Å². The molecule has 0 aliphatic heterocycles. The van der Waals surface area contributed by atoms with Crippen LogP contribution in [0.1, 0.15) is 30.7 Å². The van der Waals surface area contributed by atoms with Crippen molar-refractivity contribution in [1.29, 1.82) is 0 Å². The molecule has 0 unspecified atom stereocenters. The quantitative estimate of drug-likeness (QED) is 0.513. The molecule has 4 rings (SSSR count). The van der Waals surface area contributed by atoms with Gasteiger partial charge in [0.1, 0.15) is 17.5 Å². The summed E-state index contributed by atoms with van der Waals surface area (Å²) in [5.41, 5.74) is 2.69. The molecular weight excluding hydrogens is 365 g/mol. The number of nitrogens with one attached hydrogen (secondary N) is 2. The molecule has 1 fully saturated rings. The van der Waals surface area contributed by atoms with Crippen LogP contribution in [-0.2, 0) is 0 Å². The van der Waals surface area contributed by atoms with Crippen molar-refractivity contribution in [2.75, 3.05) is 19.7 Å². The zero-order valence-corrected chi connectivity index (χ0v) is 15.4. The van der Waals surface area contributed by atoms with Crippen LogP contribution in [0.2, 0.25) is 0 Å². The molecule has 0 atom stereocenters. The lowest BCUT2D eigenvalue weighted by atomic mass is 9.70. The highest BCUT2D eigenvalue weighted by atomic mass is 19.1. The summed E-state index contributed by atoms with van der Waals surface area (Å²) in [6.45, 7) is 1.82. The van der Waals surface area contributed by atoms with E-state index in [2.05, 4.69) is 10.3 Å². The first kappa shape index (κ1) is 19.0. The molecule has 0 amide bonds. The van der Waals surface area contributed by atoms with Gasteiger partial charge in [0.05, 0.1) is 11.2 Å². The van der Waals surface area contributed by atoms with Crippen molar-refractivity contribution < 1.29 is 18.3 Å². The van der Waals surface area contributed by atoms with Gasteiger partial charge >= 0.3 is 0 Å². The van der Waals surface area contributed by atoms with Gasteiger partial charge in [-0.05, 0) is 85.6 Å². The molecule has 1 aliphatic rings. The van der Waals surface area contributed by atoms with Crippen LogP contribution in [0.4, 0.5) is 13.2 Å². The van der Waals surface area contributed by atoms with Crippen molar-refractivity contribution in [1.82, 2.24) is 10.3 Å². The number of fused-ring (bicyclic) bond motifs is 1. The average molecular weight is 388 g/mol. The normalized spacial score (nSPS) is 19.1. The van der Waals surface area contributed by atoms with E-state index in [1.165, 1.54) is 18.2 Å². The number of halogens is 3.